The van der Waals surface area contributed by atoms with Gasteiger partial charge in [-0.1, -0.05) is 36.4 Å². The Hall–Kier alpha value is -1.78. The van der Waals surface area contributed by atoms with Gasteiger partial charge in [0.1, 0.15) is 0 Å². The molecule has 23 heavy (non-hydrogen) atoms. The summed E-state index contributed by atoms with van der Waals surface area (Å²) in [6.07, 6.45) is 1.33. The molecular weight excluding hydrogens is 283 g/mol. The second-order valence-electron chi connectivity index (χ2n) is 6.22. The fourth-order valence-corrected chi connectivity index (χ4v) is 3.20. The largest absolute Gasteiger partial charge is 0.388 e. The van der Waals surface area contributed by atoms with E-state index in [1.165, 1.54) is 11.3 Å². The molecule has 0 fully saturated rings. The van der Waals surface area contributed by atoms with Crippen LogP contribution in [0.25, 0.3) is 0 Å². The maximum absolute atomic E-state index is 10.6. The Bertz CT molecular complexity index is 645. The fourth-order valence-electron chi connectivity index (χ4n) is 3.20. The van der Waals surface area contributed by atoms with E-state index in [1.807, 2.05) is 12.1 Å². The van der Waals surface area contributed by atoms with Gasteiger partial charge in [-0.05, 0) is 44.8 Å². The van der Waals surface area contributed by atoms with Gasteiger partial charge < -0.3 is 14.9 Å². The minimum atomic E-state index is -0.434. The molecular formula is C19H24BN2O. The van der Waals surface area contributed by atoms with Crippen LogP contribution in [-0.2, 0) is 6.42 Å². The first-order valence-electron chi connectivity index (χ1n) is 7.94. The number of anilines is 2. The molecule has 2 aromatic rings. The van der Waals surface area contributed by atoms with Crippen LogP contribution in [0.4, 0.5) is 11.4 Å². The molecule has 1 atom stereocenters. The predicted octanol–water partition coefficient (Wildman–Crippen LogP) is 2.99. The Labute approximate surface area is 141 Å². The smallest absolute Gasteiger partial charge is 0.0851 e. The van der Waals surface area contributed by atoms with Crippen molar-refractivity contribution in [1.29, 1.82) is 0 Å². The van der Waals surface area contributed by atoms with Crippen LogP contribution in [0.3, 0.4) is 0 Å². The van der Waals surface area contributed by atoms with Crippen molar-refractivity contribution in [2.75, 3.05) is 32.1 Å². The van der Waals surface area contributed by atoms with Gasteiger partial charge in [-0.25, -0.2) is 0 Å². The maximum atomic E-state index is 10.6. The molecule has 0 aliphatic carbocycles. The molecule has 3 radical (unpaired) electrons. The molecule has 3 rings (SSSR count). The lowest BCUT2D eigenvalue weighted by molar-refractivity contribution is 0.180. The van der Waals surface area contributed by atoms with Crippen LogP contribution >= 0.6 is 0 Å². The average molecular weight is 307 g/mol. The van der Waals surface area contributed by atoms with Crippen LogP contribution in [0.2, 0.25) is 0 Å². The Morgan fingerprint density at radius 1 is 1.04 bits per heavy atom. The number of aliphatic hydroxyl groups is 1. The van der Waals surface area contributed by atoms with E-state index in [0.29, 0.717) is 6.42 Å². The van der Waals surface area contributed by atoms with Crippen LogP contribution in [0, 0.1) is 0 Å². The Kier molecular flexibility index (Phi) is 5.86. The van der Waals surface area contributed by atoms with E-state index in [9.17, 15) is 5.11 Å². The van der Waals surface area contributed by atoms with Gasteiger partial charge in [0.15, 0.2) is 0 Å². The van der Waals surface area contributed by atoms with Crippen molar-refractivity contribution in [2.24, 2.45) is 0 Å². The number of nitrogens with zero attached hydrogens (tertiary/aromatic N) is 2. The lowest BCUT2D eigenvalue weighted by Gasteiger charge is -2.27. The molecule has 0 bridgehead atoms. The molecule has 1 N–H and O–H groups in total. The lowest BCUT2D eigenvalue weighted by Crippen LogP contribution is -2.24. The molecule has 2 aromatic carbocycles. The van der Waals surface area contributed by atoms with Crippen molar-refractivity contribution < 1.29 is 5.11 Å². The molecule has 0 spiro atoms. The van der Waals surface area contributed by atoms with Gasteiger partial charge >= 0.3 is 0 Å². The van der Waals surface area contributed by atoms with Gasteiger partial charge in [0.2, 0.25) is 0 Å². The number of hydrogen-bond donors (Lipinski definition) is 1. The number of para-hydroxylation sites is 2. The zero-order valence-corrected chi connectivity index (χ0v) is 13.9. The lowest BCUT2D eigenvalue weighted by atomic mass is 10.0. The highest BCUT2D eigenvalue weighted by atomic mass is 16.3. The number of benzene rings is 2. The average Bonchev–Trinajstić information content (AvgIpc) is 2.63. The van der Waals surface area contributed by atoms with E-state index in [1.54, 1.807) is 0 Å². The Balaban J connectivity index is 0.00000192. The van der Waals surface area contributed by atoms with Crippen LogP contribution in [-0.4, -0.2) is 45.6 Å². The van der Waals surface area contributed by atoms with Gasteiger partial charge in [-0.3, -0.25) is 0 Å². The summed E-state index contributed by atoms with van der Waals surface area (Å²) in [5.41, 5.74) is 4.61. The highest BCUT2D eigenvalue weighted by Crippen LogP contribution is 2.39. The van der Waals surface area contributed by atoms with E-state index in [2.05, 4.69) is 60.3 Å². The van der Waals surface area contributed by atoms with Crippen molar-refractivity contribution in [1.82, 2.24) is 4.90 Å². The molecule has 119 valence electrons. The number of hydrogen-bond acceptors (Lipinski definition) is 3. The van der Waals surface area contributed by atoms with Gasteiger partial charge in [-0.2, -0.15) is 0 Å². The zero-order chi connectivity index (χ0) is 15.5. The monoisotopic (exact) mass is 307 g/mol. The van der Waals surface area contributed by atoms with Gasteiger partial charge in [0.25, 0.3) is 0 Å². The summed E-state index contributed by atoms with van der Waals surface area (Å²) >= 11 is 0. The summed E-state index contributed by atoms with van der Waals surface area (Å²) in [5.74, 6) is 0. The fraction of sp³-hybridized carbons (Fsp3) is 0.368. The topological polar surface area (TPSA) is 26.7 Å². The third-order valence-corrected chi connectivity index (χ3v) is 4.27. The maximum Gasteiger partial charge on any atom is 0.0851 e. The first-order valence-corrected chi connectivity index (χ1v) is 7.94. The summed E-state index contributed by atoms with van der Waals surface area (Å²) in [5, 5.41) is 10.6. The Morgan fingerprint density at radius 3 is 2.43 bits per heavy atom. The number of aliphatic hydroxyl groups excluding tert-OH is 1. The molecule has 1 heterocycles. The summed E-state index contributed by atoms with van der Waals surface area (Å²) in [7, 11) is 4.21. The minimum absolute atomic E-state index is 0. The highest BCUT2D eigenvalue weighted by molar-refractivity contribution is 5.75. The first kappa shape index (κ1) is 17.6. The van der Waals surface area contributed by atoms with Crippen LogP contribution in [0.5, 0.6) is 0 Å². The summed E-state index contributed by atoms with van der Waals surface area (Å²) in [4.78, 5) is 4.58. The summed E-state index contributed by atoms with van der Waals surface area (Å²) < 4.78 is 0. The summed E-state index contributed by atoms with van der Waals surface area (Å²) in [6.45, 7) is 2.02. The second kappa shape index (κ2) is 7.67. The third kappa shape index (κ3) is 3.77. The predicted molar refractivity (Wildman–Crippen MR) is 97.5 cm³/mol. The molecule has 0 aromatic heterocycles. The molecule has 0 saturated carbocycles. The molecule has 1 aliphatic rings. The van der Waals surface area contributed by atoms with E-state index < -0.39 is 6.10 Å². The molecule has 0 amide bonds. The van der Waals surface area contributed by atoms with Crippen LogP contribution in [0.1, 0.15) is 23.7 Å². The van der Waals surface area contributed by atoms with Crippen LogP contribution < -0.4 is 4.90 Å². The van der Waals surface area contributed by atoms with Crippen molar-refractivity contribution in [3.8, 4) is 0 Å². The number of rotatable bonds is 4. The number of fused-ring (bicyclic) bond motifs is 2. The van der Waals surface area contributed by atoms with Gasteiger partial charge in [-0.15, -0.1) is 0 Å². The van der Waals surface area contributed by atoms with Crippen molar-refractivity contribution >= 4 is 19.8 Å². The molecule has 1 unspecified atom stereocenters. The van der Waals surface area contributed by atoms with Crippen molar-refractivity contribution in [3.05, 3.63) is 59.7 Å². The van der Waals surface area contributed by atoms with Crippen molar-refractivity contribution in [2.45, 2.75) is 18.9 Å². The van der Waals surface area contributed by atoms with Crippen LogP contribution in [0.15, 0.2) is 48.5 Å². The van der Waals surface area contributed by atoms with Gasteiger partial charge in [0.05, 0.1) is 6.10 Å². The Morgan fingerprint density at radius 2 is 1.70 bits per heavy atom. The first-order chi connectivity index (χ1) is 10.7. The second-order valence-corrected chi connectivity index (χ2v) is 6.22. The molecule has 4 heteroatoms. The minimum Gasteiger partial charge on any atom is -0.388 e. The van der Waals surface area contributed by atoms with E-state index in [0.717, 1.165) is 30.8 Å². The van der Waals surface area contributed by atoms with E-state index >= 15 is 0 Å². The van der Waals surface area contributed by atoms with E-state index in [4.69, 9.17) is 0 Å². The molecule has 0 saturated heterocycles. The zero-order valence-electron chi connectivity index (χ0n) is 13.9. The third-order valence-electron chi connectivity index (χ3n) is 4.27. The van der Waals surface area contributed by atoms with Crippen molar-refractivity contribution in [3.63, 3.8) is 0 Å². The molecule has 1 aliphatic heterocycles. The quantitative estimate of drug-likeness (QED) is 0.880. The van der Waals surface area contributed by atoms with Gasteiger partial charge in [0, 0.05) is 38.3 Å². The highest BCUT2D eigenvalue weighted by Gasteiger charge is 2.24. The standard InChI is InChI=1S/C19H24N2O.B/c1-20(2)12-7-13-21-17-10-5-3-8-15(17)14-19(22)16-9-4-6-11-18(16)21;/h3-6,8-11,19,22H,7,12-14H2,1-2H3;. The molecule has 3 nitrogen and oxygen atoms in total. The SMILES string of the molecule is CN(C)CCCN1c2ccccc2CC(O)c2ccccc21.[B]. The summed E-state index contributed by atoms with van der Waals surface area (Å²) in [6, 6.07) is 16.7. The normalized spacial score (nSPS) is 16.3. The van der Waals surface area contributed by atoms with E-state index in [-0.39, 0.29) is 8.41 Å².